The third-order valence-electron chi connectivity index (χ3n) is 18.0. The molecule has 2 atom stereocenters. The molecule has 0 aromatic carbocycles. The van der Waals surface area contributed by atoms with Crippen molar-refractivity contribution < 1.29 is 24.5 Å². The minimum Gasteiger partial charge on any atom is -0.466 e. The molecule has 0 radical (unpaired) electrons. The molecule has 0 fully saturated rings. The molecule has 0 aliphatic rings. The number of unbranched alkanes of at least 4 members (excludes halogenated alkanes) is 59. The number of nitrogens with one attached hydrogen (secondary N) is 1. The van der Waals surface area contributed by atoms with Crippen LogP contribution in [-0.4, -0.2) is 47.4 Å². The number of aliphatic hydroxyl groups is 2. The van der Waals surface area contributed by atoms with Crippen molar-refractivity contribution in [2.45, 2.75) is 443 Å². The first-order valence-electron chi connectivity index (χ1n) is 38.1. The summed E-state index contributed by atoms with van der Waals surface area (Å²) in [6, 6.07) is -0.625. The summed E-state index contributed by atoms with van der Waals surface area (Å²) in [5.41, 5.74) is 0. The smallest absolute Gasteiger partial charge is 0.305 e. The van der Waals surface area contributed by atoms with Gasteiger partial charge < -0.3 is 20.3 Å². The molecule has 0 aromatic rings. The fraction of sp³-hybridized carbons (Fsp3) is 0.922. The van der Waals surface area contributed by atoms with Crippen molar-refractivity contribution >= 4 is 11.9 Å². The number of aliphatic hydroxyl groups excluding tert-OH is 2. The molecule has 0 spiro atoms. The highest BCUT2D eigenvalue weighted by molar-refractivity contribution is 5.76. The van der Waals surface area contributed by atoms with Gasteiger partial charge in [0.25, 0.3) is 0 Å². The van der Waals surface area contributed by atoms with E-state index >= 15 is 0 Å². The highest BCUT2D eigenvalue weighted by Gasteiger charge is 2.18. The van der Waals surface area contributed by atoms with Crippen molar-refractivity contribution in [2.75, 3.05) is 13.2 Å². The average Bonchev–Trinajstić information content (AvgIpc) is 3.49. The van der Waals surface area contributed by atoms with E-state index in [2.05, 4.69) is 31.3 Å². The molecule has 2 unspecified atom stereocenters. The number of carbonyl (C=O) groups excluding carboxylic acids is 2. The molecule has 0 aliphatic carbocycles. The molecule has 0 heterocycles. The lowest BCUT2D eigenvalue weighted by Gasteiger charge is -2.20. The Hall–Kier alpha value is -1.66. The quantitative estimate of drug-likeness (QED) is 0.0320. The topological polar surface area (TPSA) is 95.9 Å². The van der Waals surface area contributed by atoms with E-state index in [0.717, 1.165) is 44.9 Å². The van der Waals surface area contributed by atoms with E-state index in [4.69, 9.17) is 4.74 Å². The molecule has 83 heavy (non-hydrogen) atoms. The number of rotatable bonds is 72. The minimum atomic E-state index is -0.842. The highest BCUT2D eigenvalue weighted by Crippen LogP contribution is 2.20. The maximum atomic E-state index is 12.5. The lowest BCUT2D eigenvalue weighted by Crippen LogP contribution is -2.45. The van der Waals surface area contributed by atoms with Crippen molar-refractivity contribution in [1.29, 1.82) is 0 Å². The normalized spacial score (nSPS) is 12.6. The van der Waals surface area contributed by atoms with Crippen LogP contribution in [0.1, 0.15) is 431 Å². The summed E-state index contributed by atoms with van der Waals surface area (Å²) in [7, 11) is 0. The van der Waals surface area contributed by atoms with Crippen LogP contribution in [0.2, 0.25) is 0 Å². The number of carbonyl (C=O) groups is 2. The van der Waals surface area contributed by atoms with Crippen LogP contribution in [0.15, 0.2) is 24.3 Å². The number of esters is 1. The van der Waals surface area contributed by atoms with E-state index in [0.29, 0.717) is 19.4 Å². The van der Waals surface area contributed by atoms with E-state index in [9.17, 15) is 19.8 Å². The maximum Gasteiger partial charge on any atom is 0.305 e. The van der Waals surface area contributed by atoms with Crippen LogP contribution in [0, 0.1) is 0 Å². The first-order chi connectivity index (χ1) is 41.0. The van der Waals surface area contributed by atoms with Gasteiger partial charge in [0, 0.05) is 12.8 Å². The Morgan fingerprint density at radius 2 is 0.566 bits per heavy atom. The Morgan fingerprint density at radius 3 is 0.855 bits per heavy atom. The molecule has 6 heteroatoms. The first kappa shape index (κ1) is 81.3. The molecule has 6 nitrogen and oxygen atoms in total. The average molecular weight is 1170 g/mol. The van der Waals surface area contributed by atoms with Crippen LogP contribution in [0.5, 0.6) is 0 Å². The van der Waals surface area contributed by atoms with Crippen molar-refractivity contribution in [3.05, 3.63) is 24.3 Å². The van der Waals surface area contributed by atoms with Gasteiger partial charge in [0.15, 0.2) is 0 Å². The van der Waals surface area contributed by atoms with Crippen molar-refractivity contribution in [3.63, 3.8) is 0 Å². The van der Waals surface area contributed by atoms with Crippen LogP contribution in [0.4, 0.5) is 0 Å². The van der Waals surface area contributed by atoms with Crippen molar-refractivity contribution in [2.24, 2.45) is 0 Å². The van der Waals surface area contributed by atoms with E-state index in [1.165, 1.54) is 360 Å². The number of allylic oxidation sites excluding steroid dienone is 3. The van der Waals surface area contributed by atoms with Gasteiger partial charge in [0.1, 0.15) is 0 Å². The Labute approximate surface area is 520 Å². The van der Waals surface area contributed by atoms with Gasteiger partial charge in [-0.05, 0) is 57.8 Å². The van der Waals surface area contributed by atoms with Crippen molar-refractivity contribution in [3.8, 4) is 0 Å². The zero-order valence-electron chi connectivity index (χ0n) is 56.5. The van der Waals surface area contributed by atoms with Crippen LogP contribution in [-0.2, 0) is 14.3 Å². The second kappa shape index (κ2) is 72.8. The van der Waals surface area contributed by atoms with Gasteiger partial charge in [0.2, 0.25) is 5.91 Å². The highest BCUT2D eigenvalue weighted by atomic mass is 16.5. The summed E-state index contributed by atoms with van der Waals surface area (Å²) < 4.78 is 5.51. The first-order valence-corrected chi connectivity index (χ1v) is 38.1. The standard InChI is InChI=1S/C77H149NO5/c1-3-5-7-9-11-13-15-17-19-21-38-41-45-49-53-57-61-65-69-75(80)74(73-79)78-76(81)70-66-62-58-54-50-46-42-39-35-33-31-29-27-25-23-22-24-26-28-30-32-34-36-40-44-48-52-56-60-64-68-72-83-77(82)71-67-63-59-55-51-47-43-37-20-18-16-14-12-10-8-6-4-2/h18,20,65,69,74-75,79-80H,3-17,19,21-64,66-68,70-73H2,1-2H3,(H,78,81)/b20-18-,69-65+. The number of hydrogen-bond donors (Lipinski definition) is 3. The molecular formula is C77H149NO5. The molecule has 0 aromatic heterocycles. The second-order valence-electron chi connectivity index (χ2n) is 26.3. The zero-order chi connectivity index (χ0) is 59.9. The fourth-order valence-electron chi connectivity index (χ4n) is 12.2. The second-order valence-corrected chi connectivity index (χ2v) is 26.3. The van der Waals surface area contributed by atoms with Gasteiger partial charge in [-0.3, -0.25) is 9.59 Å². The zero-order valence-corrected chi connectivity index (χ0v) is 56.5. The predicted octanol–water partition coefficient (Wildman–Crippen LogP) is 24.9. The summed E-state index contributed by atoms with van der Waals surface area (Å²) in [5, 5.41) is 23.2. The number of ether oxygens (including phenoxy) is 1. The van der Waals surface area contributed by atoms with Gasteiger partial charge in [-0.1, -0.05) is 385 Å². The van der Waals surface area contributed by atoms with Crippen molar-refractivity contribution in [1.82, 2.24) is 5.32 Å². The third-order valence-corrected chi connectivity index (χ3v) is 18.0. The summed E-state index contributed by atoms with van der Waals surface area (Å²) in [6.45, 7) is 4.95. The van der Waals surface area contributed by atoms with E-state index in [1.807, 2.05) is 6.08 Å². The van der Waals surface area contributed by atoms with Gasteiger partial charge >= 0.3 is 5.97 Å². The molecule has 0 aliphatic heterocycles. The molecule has 0 saturated carbocycles. The fourth-order valence-corrected chi connectivity index (χ4v) is 12.2. The van der Waals surface area contributed by atoms with E-state index in [1.54, 1.807) is 6.08 Å². The summed E-state index contributed by atoms with van der Waals surface area (Å²) >= 11 is 0. The van der Waals surface area contributed by atoms with Gasteiger partial charge in [-0.15, -0.1) is 0 Å². The number of hydrogen-bond acceptors (Lipinski definition) is 5. The molecule has 1 amide bonds. The third kappa shape index (κ3) is 69.3. The largest absolute Gasteiger partial charge is 0.466 e. The lowest BCUT2D eigenvalue weighted by molar-refractivity contribution is -0.143. The van der Waals surface area contributed by atoms with Crippen LogP contribution in [0.25, 0.3) is 0 Å². The molecule has 492 valence electrons. The predicted molar refractivity (Wildman–Crippen MR) is 366 cm³/mol. The monoisotopic (exact) mass is 1170 g/mol. The van der Waals surface area contributed by atoms with Gasteiger partial charge in [-0.2, -0.15) is 0 Å². The van der Waals surface area contributed by atoms with E-state index in [-0.39, 0.29) is 18.5 Å². The molecular weight excluding hydrogens is 1020 g/mol. The molecule has 0 saturated heterocycles. The van der Waals surface area contributed by atoms with Gasteiger partial charge in [0.05, 0.1) is 25.4 Å². The summed E-state index contributed by atoms with van der Waals surface area (Å²) in [5.74, 6) is -0.0419. The van der Waals surface area contributed by atoms with Gasteiger partial charge in [-0.25, -0.2) is 0 Å². The molecule has 0 bridgehead atoms. The Bertz CT molecular complexity index is 1300. The maximum absolute atomic E-state index is 12.5. The van der Waals surface area contributed by atoms with Crippen LogP contribution >= 0.6 is 0 Å². The Morgan fingerprint density at radius 1 is 0.325 bits per heavy atom. The lowest BCUT2D eigenvalue weighted by atomic mass is 10.0. The van der Waals surface area contributed by atoms with Crippen LogP contribution < -0.4 is 5.32 Å². The van der Waals surface area contributed by atoms with Crippen LogP contribution in [0.3, 0.4) is 0 Å². The molecule has 3 N–H and O–H groups in total. The Kier molecular flexibility index (Phi) is 71.4. The summed E-state index contributed by atoms with van der Waals surface area (Å²) in [6.07, 6.45) is 92.9. The van der Waals surface area contributed by atoms with E-state index < -0.39 is 12.1 Å². The summed E-state index contributed by atoms with van der Waals surface area (Å²) in [4.78, 5) is 24.6. The SMILES string of the molecule is CCCCCCCC/C=C\CCCCCCCCCC(=O)OCCCCCCCCCCCCCCCCCCCCCCCCCCCCCCCCCC(=O)NC(CO)C(O)/C=C/CCCCCCCCCCCCCCCCCC. The number of amides is 1. The molecule has 0 rings (SSSR count). The Balaban J connectivity index is 3.34. The minimum absolute atomic E-state index is 0.0179.